The summed E-state index contributed by atoms with van der Waals surface area (Å²) < 4.78 is 40.7. The van der Waals surface area contributed by atoms with E-state index in [2.05, 4.69) is 0 Å². The monoisotopic (exact) mass is 354 g/mol. The second-order valence-corrected chi connectivity index (χ2v) is 8.98. The number of amides is 1. The number of hydrogen-bond acceptors (Lipinski definition) is 3. The molecule has 0 aromatic heterocycles. The highest BCUT2D eigenvalue weighted by Crippen LogP contribution is 2.48. The SMILES string of the molecule is CN1C(=O)CCC2(CN(C)S(=O)(=O)c3ccccc3F)CCCC12. The Morgan fingerprint density at radius 3 is 2.75 bits per heavy atom. The van der Waals surface area contributed by atoms with Crippen LogP contribution >= 0.6 is 0 Å². The standard InChI is InChI=1S/C17H23FN2O3S/c1-19(24(22,23)14-7-4-3-6-13(14)18)12-17-10-5-8-15(17)20(2)16(21)9-11-17/h3-4,6-7,15H,5,8-12H2,1-2H3. The third-order valence-electron chi connectivity index (χ3n) is 5.62. The number of carbonyl (C=O) groups excluding carboxylic acids is 1. The Balaban J connectivity index is 1.87. The van der Waals surface area contributed by atoms with Crippen molar-refractivity contribution in [1.82, 2.24) is 9.21 Å². The smallest absolute Gasteiger partial charge is 0.245 e. The predicted octanol–water partition coefficient (Wildman–Crippen LogP) is 2.24. The summed E-state index contributed by atoms with van der Waals surface area (Å²) in [5.41, 5.74) is -0.226. The molecule has 2 atom stereocenters. The van der Waals surface area contributed by atoms with Crippen LogP contribution < -0.4 is 0 Å². The van der Waals surface area contributed by atoms with E-state index in [1.165, 1.54) is 29.6 Å². The number of rotatable bonds is 4. The predicted molar refractivity (Wildman–Crippen MR) is 88.3 cm³/mol. The number of fused-ring (bicyclic) bond motifs is 1. The van der Waals surface area contributed by atoms with Gasteiger partial charge in [0.2, 0.25) is 15.9 Å². The number of piperidine rings is 1. The molecule has 1 aliphatic carbocycles. The van der Waals surface area contributed by atoms with Crippen LogP contribution in [-0.2, 0) is 14.8 Å². The van der Waals surface area contributed by atoms with Crippen molar-refractivity contribution in [2.75, 3.05) is 20.6 Å². The van der Waals surface area contributed by atoms with Crippen LogP contribution in [0.1, 0.15) is 32.1 Å². The van der Waals surface area contributed by atoms with Crippen LogP contribution in [0, 0.1) is 11.2 Å². The van der Waals surface area contributed by atoms with Crippen molar-refractivity contribution in [2.24, 2.45) is 5.41 Å². The van der Waals surface area contributed by atoms with Crippen LogP contribution in [0.15, 0.2) is 29.2 Å². The van der Waals surface area contributed by atoms with Gasteiger partial charge >= 0.3 is 0 Å². The summed E-state index contributed by atoms with van der Waals surface area (Å²) in [7, 11) is -0.584. The van der Waals surface area contributed by atoms with Gasteiger partial charge in [0.25, 0.3) is 0 Å². The summed E-state index contributed by atoms with van der Waals surface area (Å²) in [5, 5.41) is 0. The van der Waals surface area contributed by atoms with Crippen LogP contribution in [-0.4, -0.2) is 50.2 Å². The highest BCUT2D eigenvalue weighted by Gasteiger charge is 2.50. The Morgan fingerprint density at radius 2 is 2.04 bits per heavy atom. The first-order valence-electron chi connectivity index (χ1n) is 8.24. The van der Waals surface area contributed by atoms with Crippen molar-refractivity contribution in [3.05, 3.63) is 30.1 Å². The Bertz CT molecular complexity index is 752. The van der Waals surface area contributed by atoms with E-state index in [1.54, 1.807) is 11.9 Å². The van der Waals surface area contributed by atoms with Crippen LogP contribution in [0.4, 0.5) is 4.39 Å². The van der Waals surface area contributed by atoms with Crippen molar-refractivity contribution >= 4 is 15.9 Å². The van der Waals surface area contributed by atoms with E-state index in [4.69, 9.17) is 0 Å². The highest BCUT2D eigenvalue weighted by atomic mass is 32.2. The minimum Gasteiger partial charge on any atom is -0.342 e. The van der Waals surface area contributed by atoms with E-state index in [-0.39, 0.29) is 22.3 Å². The molecule has 1 aromatic carbocycles. The lowest BCUT2D eigenvalue weighted by molar-refractivity contribution is -0.139. The maximum Gasteiger partial charge on any atom is 0.245 e. The molecule has 5 nitrogen and oxygen atoms in total. The van der Waals surface area contributed by atoms with Crippen molar-refractivity contribution in [3.8, 4) is 0 Å². The second kappa shape index (κ2) is 6.11. The molecule has 0 radical (unpaired) electrons. The molecule has 0 N–H and O–H groups in total. The Morgan fingerprint density at radius 1 is 1.33 bits per heavy atom. The first kappa shape index (κ1) is 17.4. The fourth-order valence-corrected chi connectivity index (χ4v) is 5.66. The molecule has 2 aliphatic rings. The van der Waals surface area contributed by atoms with E-state index in [0.29, 0.717) is 19.4 Å². The number of benzene rings is 1. The quantitative estimate of drug-likeness (QED) is 0.833. The lowest BCUT2D eigenvalue weighted by Gasteiger charge is -2.46. The van der Waals surface area contributed by atoms with Crippen LogP contribution in [0.25, 0.3) is 0 Å². The fraction of sp³-hybridized carbons (Fsp3) is 0.588. The number of nitrogens with zero attached hydrogens (tertiary/aromatic N) is 2. The number of hydrogen-bond donors (Lipinski definition) is 0. The van der Waals surface area contributed by atoms with Gasteiger partial charge in [-0.15, -0.1) is 0 Å². The highest BCUT2D eigenvalue weighted by molar-refractivity contribution is 7.89. The summed E-state index contributed by atoms with van der Waals surface area (Å²) >= 11 is 0. The zero-order valence-electron chi connectivity index (χ0n) is 14.0. The molecule has 1 aliphatic heterocycles. The third-order valence-corrected chi connectivity index (χ3v) is 7.46. The van der Waals surface area contributed by atoms with E-state index >= 15 is 0 Å². The number of sulfonamides is 1. The normalized spacial score (nSPS) is 27.6. The fourth-order valence-electron chi connectivity index (χ4n) is 4.34. The topological polar surface area (TPSA) is 57.7 Å². The van der Waals surface area contributed by atoms with Gasteiger partial charge in [0.05, 0.1) is 0 Å². The molecule has 2 fully saturated rings. The molecule has 1 amide bonds. The van der Waals surface area contributed by atoms with Crippen molar-refractivity contribution in [2.45, 2.75) is 43.0 Å². The van der Waals surface area contributed by atoms with Gasteiger partial charge in [0, 0.05) is 38.5 Å². The van der Waals surface area contributed by atoms with E-state index < -0.39 is 15.8 Å². The average Bonchev–Trinajstić information content (AvgIpc) is 2.96. The largest absolute Gasteiger partial charge is 0.342 e. The summed E-state index contributed by atoms with van der Waals surface area (Å²) in [6.45, 7) is 0.311. The number of carbonyl (C=O) groups is 1. The molecule has 0 spiro atoms. The van der Waals surface area contributed by atoms with E-state index in [9.17, 15) is 17.6 Å². The zero-order valence-corrected chi connectivity index (χ0v) is 14.9. The Kier molecular flexibility index (Phi) is 4.42. The molecule has 3 rings (SSSR count). The van der Waals surface area contributed by atoms with Crippen molar-refractivity contribution in [1.29, 1.82) is 0 Å². The van der Waals surface area contributed by atoms with E-state index in [1.807, 2.05) is 0 Å². The number of likely N-dealkylation sites (tertiary alicyclic amines) is 1. The van der Waals surface area contributed by atoms with E-state index in [0.717, 1.165) is 25.3 Å². The maximum atomic E-state index is 13.9. The summed E-state index contributed by atoms with van der Waals surface area (Å²) in [6.07, 6.45) is 3.91. The van der Waals surface area contributed by atoms with Gasteiger partial charge < -0.3 is 4.90 Å². The second-order valence-electron chi connectivity index (χ2n) is 6.97. The van der Waals surface area contributed by atoms with Crippen LogP contribution in [0.2, 0.25) is 0 Å². The number of halogens is 1. The minimum atomic E-state index is -3.89. The molecule has 1 saturated heterocycles. The Labute approximate surface area is 142 Å². The van der Waals surface area contributed by atoms with Gasteiger partial charge in [-0.2, -0.15) is 0 Å². The molecule has 1 saturated carbocycles. The minimum absolute atomic E-state index is 0.0667. The zero-order chi connectivity index (χ0) is 17.5. The van der Waals surface area contributed by atoms with Crippen LogP contribution in [0.3, 0.4) is 0 Å². The summed E-state index contributed by atoms with van der Waals surface area (Å²) in [4.78, 5) is 13.5. The van der Waals surface area contributed by atoms with Crippen molar-refractivity contribution in [3.63, 3.8) is 0 Å². The molecule has 24 heavy (non-hydrogen) atoms. The lowest BCUT2D eigenvalue weighted by Crippen LogP contribution is -2.54. The summed E-state index contributed by atoms with van der Waals surface area (Å²) in [6, 6.07) is 5.51. The molecule has 1 aromatic rings. The van der Waals surface area contributed by atoms with Crippen LogP contribution in [0.5, 0.6) is 0 Å². The van der Waals surface area contributed by atoms with Gasteiger partial charge in [0.15, 0.2) is 0 Å². The van der Waals surface area contributed by atoms with Gasteiger partial charge in [-0.1, -0.05) is 18.6 Å². The summed E-state index contributed by atoms with van der Waals surface area (Å²) in [5.74, 6) is -0.613. The van der Waals surface area contributed by atoms with Gasteiger partial charge in [0.1, 0.15) is 10.7 Å². The molecule has 0 bridgehead atoms. The first-order valence-corrected chi connectivity index (χ1v) is 9.68. The average molecular weight is 354 g/mol. The van der Waals surface area contributed by atoms with Crippen molar-refractivity contribution < 1.29 is 17.6 Å². The van der Waals surface area contributed by atoms with Gasteiger partial charge in [-0.3, -0.25) is 4.79 Å². The van der Waals surface area contributed by atoms with Gasteiger partial charge in [-0.05, 0) is 31.4 Å². The Hall–Kier alpha value is -1.47. The first-order chi connectivity index (χ1) is 11.3. The molecule has 1 heterocycles. The molecular weight excluding hydrogens is 331 g/mol. The lowest BCUT2D eigenvalue weighted by atomic mass is 9.75. The van der Waals surface area contributed by atoms with Gasteiger partial charge in [-0.25, -0.2) is 17.1 Å². The molecule has 2 unspecified atom stereocenters. The molecule has 132 valence electrons. The third kappa shape index (κ3) is 2.73. The molecule has 7 heteroatoms. The molecular formula is C17H23FN2O3S. The maximum absolute atomic E-state index is 13.9.